The molecule has 1 fully saturated rings. The fraction of sp³-hybridized carbons (Fsp3) is 0.727. The van der Waals surface area contributed by atoms with Crippen molar-refractivity contribution in [1.29, 1.82) is 0 Å². The van der Waals surface area contributed by atoms with Crippen molar-refractivity contribution in [3.05, 3.63) is 18.2 Å². The number of aromatic nitrogens is 2. The van der Waals surface area contributed by atoms with Crippen molar-refractivity contribution in [2.24, 2.45) is 5.73 Å². The van der Waals surface area contributed by atoms with Crippen LogP contribution < -0.4 is 11.1 Å². The summed E-state index contributed by atoms with van der Waals surface area (Å²) in [5, 5.41) is 12.1. The number of nitrogens with zero attached hydrogens (tertiary/aromatic N) is 2. The van der Waals surface area contributed by atoms with Crippen LogP contribution in [0, 0.1) is 0 Å². The Morgan fingerprint density at radius 2 is 2.44 bits per heavy atom. The van der Waals surface area contributed by atoms with E-state index < -0.39 is 0 Å². The second kappa shape index (κ2) is 5.43. The van der Waals surface area contributed by atoms with Crippen molar-refractivity contribution in [2.75, 3.05) is 19.7 Å². The maximum absolute atomic E-state index is 8.75. The predicted octanol–water partition coefficient (Wildman–Crippen LogP) is 0.190. The van der Waals surface area contributed by atoms with Crippen LogP contribution in [0.25, 0.3) is 0 Å². The lowest BCUT2D eigenvalue weighted by Gasteiger charge is -2.18. The minimum Gasteiger partial charge on any atom is -0.396 e. The molecule has 5 heteroatoms. The minimum atomic E-state index is 0.148. The van der Waals surface area contributed by atoms with Crippen LogP contribution in [0.1, 0.15) is 37.0 Å². The van der Waals surface area contributed by atoms with Gasteiger partial charge in [0.25, 0.3) is 0 Å². The first-order valence-corrected chi connectivity index (χ1v) is 5.93. The van der Waals surface area contributed by atoms with Gasteiger partial charge in [-0.25, -0.2) is 4.98 Å². The Balaban J connectivity index is 1.98. The molecule has 0 aromatic carbocycles. The van der Waals surface area contributed by atoms with Gasteiger partial charge in [-0.05, 0) is 25.8 Å². The lowest BCUT2D eigenvalue weighted by atomic mass is 10.2. The number of aliphatic hydroxyl groups is 1. The summed E-state index contributed by atoms with van der Waals surface area (Å²) in [5.74, 6) is 0. The Morgan fingerprint density at radius 3 is 3.06 bits per heavy atom. The van der Waals surface area contributed by atoms with Gasteiger partial charge in [-0.2, -0.15) is 0 Å². The highest BCUT2D eigenvalue weighted by Crippen LogP contribution is 2.36. The molecule has 0 amide bonds. The minimum absolute atomic E-state index is 0.148. The van der Waals surface area contributed by atoms with E-state index in [-0.39, 0.29) is 12.6 Å². The van der Waals surface area contributed by atoms with Crippen LogP contribution in [0.2, 0.25) is 0 Å². The monoisotopic (exact) mass is 224 g/mol. The average Bonchev–Trinajstić information content (AvgIpc) is 3.04. The van der Waals surface area contributed by atoms with Gasteiger partial charge in [0.15, 0.2) is 0 Å². The number of hydrogen-bond acceptors (Lipinski definition) is 4. The van der Waals surface area contributed by atoms with Gasteiger partial charge in [0.05, 0.1) is 18.1 Å². The summed E-state index contributed by atoms with van der Waals surface area (Å²) in [6.45, 7) is 1.56. The van der Waals surface area contributed by atoms with E-state index in [4.69, 9.17) is 10.8 Å². The van der Waals surface area contributed by atoms with Crippen LogP contribution in [-0.2, 0) is 0 Å². The molecule has 1 aromatic heterocycles. The average molecular weight is 224 g/mol. The third kappa shape index (κ3) is 2.61. The second-order valence-electron chi connectivity index (χ2n) is 4.28. The van der Waals surface area contributed by atoms with Crippen LogP contribution in [0.4, 0.5) is 0 Å². The van der Waals surface area contributed by atoms with E-state index in [0.717, 1.165) is 13.0 Å². The number of rotatable bonds is 7. The maximum atomic E-state index is 8.75. The van der Waals surface area contributed by atoms with Crippen molar-refractivity contribution >= 4 is 0 Å². The van der Waals surface area contributed by atoms with E-state index in [9.17, 15) is 0 Å². The van der Waals surface area contributed by atoms with Gasteiger partial charge >= 0.3 is 0 Å². The zero-order valence-corrected chi connectivity index (χ0v) is 9.47. The Bertz CT molecular complexity index is 322. The molecular weight excluding hydrogens is 204 g/mol. The number of nitrogens with two attached hydrogens (primary N) is 1. The highest BCUT2D eigenvalue weighted by atomic mass is 16.3. The Morgan fingerprint density at radius 1 is 1.62 bits per heavy atom. The zero-order chi connectivity index (χ0) is 11.4. The molecule has 2 rings (SSSR count). The van der Waals surface area contributed by atoms with E-state index in [1.165, 1.54) is 18.5 Å². The van der Waals surface area contributed by atoms with Crippen molar-refractivity contribution < 1.29 is 5.11 Å². The highest BCUT2D eigenvalue weighted by Gasteiger charge is 2.27. The molecular formula is C11H20N4O. The SMILES string of the molecule is NCC(NCCCO)c1cncn1C1CC1. The van der Waals surface area contributed by atoms with Crippen molar-refractivity contribution in [2.45, 2.75) is 31.3 Å². The maximum Gasteiger partial charge on any atom is 0.0951 e. The quantitative estimate of drug-likeness (QED) is 0.578. The summed E-state index contributed by atoms with van der Waals surface area (Å²) in [4.78, 5) is 4.20. The van der Waals surface area contributed by atoms with Crippen molar-refractivity contribution in [3.8, 4) is 0 Å². The lowest BCUT2D eigenvalue weighted by molar-refractivity contribution is 0.283. The summed E-state index contributed by atoms with van der Waals surface area (Å²) in [6.07, 6.45) is 7.04. The number of hydrogen-bond donors (Lipinski definition) is 3. The van der Waals surface area contributed by atoms with Crippen LogP contribution in [0.5, 0.6) is 0 Å². The fourth-order valence-electron chi connectivity index (χ4n) is 1.91. The summed E-state index contributed by atoms with van der Waals surface area (Å²) in [6, 6.07) is 0.779. The molecule has 4 N–H and O–H groups in total. The largest absolute Gasteiger partial charge is 0.396 e. The molecule has 0 saturated heterocycles. The Hall–Kier alpha value is -0.910. The van der Waals surface area contributed by atoms with E-state index in [1.54, 1.807) is 0 Å². The normalized spacial score (nSPS) is 17.6. The van der Waals surface area contributed by atoms with Crippen LogP contribution >= 0.6 is 0 Å². The Kier molecular flexibility index (Phi) is 3.93. The predicted molar refractivity (Wildman–Crippen MR) is 62.0 cm³/mol. The molecule has 0 bridgehead atoms. The summed E-state index contributed by atoms with van der Waals surface area (Å²) in [5.41, 5.74) is 6.94. The third-order valence-corrected chi connectivity index (χ3v) is 2.95. The van der Waals surface area contributed by atoms with Gasteiger partial charge in [0.1, 0.15) is 0 Å². The molecule has 1 aromatic rings. The molecule has 5 nitrogen and oxygen atoms in total. The fourth-order valence-corrected chi connectivity index (χ4v) is 1.91. The van der Waals surface area contributed by atoms with Crippen molar-refractivity contribution in [1.82, 2.24) is 14.9 Å². The van der Waals surface area contributed by atoms with E-state index >= 15 is 0 Å². The molecule has 0 spiro atoms. The van der Waals surface area contributed by atoms with Gasteiger partial charge < -0.3 is 20.7 Å². The molecule has 0 aliphatic heterocycles. The number of imidazole rings is 1. The molecule has 1 heterocycles. The summed E-state index contributed by atoms with van der Waals surface area (Å²) < 4.78 is 2.23. The second-order valence-corrected chi connectivity index (χ2v) is 4.28. The van der Waals surface area contributed by atoms with Gasteiger partial charge in [-0.15, -0.1) is 0 Å². The standard InChI is InChI=1S/C11H20N4O/c12-6-10(14-4-1-5-16)11-7-13-8-15(11)9-2-3-9/h7-10,14,16H,1-6,12H2. The lowest BCUT2D eigenvalue weighted by Crippen LogP contribution is -2.31. The van der Waals surface area contributed by atoms with Crippen LogP contribution in [0.15, 0.2) is 12.5 Å². The van der Waals surface area contributed by atoms with Gasteiger partial charge in [0, 0.05) is 25.4 Å². The van der Waals surface area contributed by atoms with E-state index in [0.29, 0.717) is 12.6 Å². The van der Waals surface area contributed by atoms with E-state index in [1.807, 2.05) is 12.5 Å². The molecule has 1 saturated carbocycles. The first-order chi connectivity index (χ1) is 7.86. The van der Waals surface area contributed by atoms with Crippen LogP contribution in [-0.4, -0.2) is 34.4 Å². The third-order valence-electron chi connectivity index (χ3n) is 2.95. The van der Waals surface area contributed by atoms with Gasteiger partial charge in [0.2, 0.25) is 0 Å². The van der Waals surface area contributed by atoms with Gasteiger partial charge in [-0.3, -0.25) is 0 Å². The molecule has 0 radical (unpaired) electrons. The van der Waals surface area contributed by atoms with Gasteiger partial charge in [-0.1, -0.05) is 0 Å². The summed E-state index contributed by atoms with van der Waals surface area (Å²) in [7, 11) is 0. The molecule has 1 unspecified atom stereocenters. The number of aliphatic hydroxyl groups excluding tert-OH is 1. The van der Waals surface area contributed by atoms with Crippen LogP contribution in [0.3, 0.4) is 0 Å². The van der Waals surface area contributed by atoms with E-state index in [2.05, 4.69) is 14.9 Å². The topological polar surface area (TPSA) is 76.1 Å². The molecule has 90 valence electrons. The zero-order valence-electron chi connectivity index (χ0n) is 9.47. The number of nitrogens with one attached hydrogen (secondary N) is 1. The molecule has 16 heavy (non-hydrogen) atoms. The first-order valence-electron chi connectivity index (χ1n) is 5.93. The summed E-state index contributed by atoms with van der Waals surface area (Å²) >= 11 is 0. The first kappa shape index (κ1) is 11.6. The molecule has 1 aliphatic carbocycles. The highest BCUT2D eigenvalue weighted by molar-refractivity contribution is 5.09. The van der Waals surface area contributed by atoms with Crippen molar-refractivity contribution in [3.63, 3.8) is 0 Å². The molecule has 1 atom stereocenters. The smallest absolute Gasteiger partial charge is 0.0951 e. The molecule has 1 aliphatic rings. The Labute approximate surface area is 95.7 Å².